The summed E-state index contributed by atoms with van der Waals surface area (Å²) < 4.78 is 74.7. The molecule has 2 aromatic heterocycles. The lowest BCUT2D eigenvalue weighted by Gasteiger charge is -2.40. The highest BCUT2D eigenvalue weighted by Gasteiger charge is 2.53. The fourth-order valence-electron chi connectivity index (χ4n) is 8.22. The Bertz CT molecular complexity index is 3050. The first-order valence-corrected chi connectivity index (χ1v) is 25.0. The number of hydrogen-bond donors (Lipinski definition) is 2. The monoisotopic (exact) mass is 1040 g/mol. The number of carbonyl (C=O) groups is 2. The molecule has 21 heteroatoms. The summed E-state index contributed by atoms with van der Waals surface area (Å²) in [4.78, 5) is 55.4. The largest absolute Gasteiger partial charge is 0.618 e. The van der Waals surface area contributed by atoms with E-state index in [1.807, 2.05) is 54.6 Å². The van der Waals surface area contributed by atoms with Crippen LogP contribution in [0.4, 0.5) is 5.82 Å². The Balaban J connectivity index is 1.18. The summed E-state index contributed by atoms with van der Waals surface area (Å²) in [6.07, 6.45) is -3.63. The van der Waals surface area contributed by atoms with Crippen LogP contribution in [0.5, 0.6) is 17.2 Å². The number of rotatable bonds is 24. The molecule has 0 aliphatic carbocycles. The fraction of sp³-hybridized carbons (Fsp3) is 0.241. The van der Waals surface area contributed by atoms with Gasteiger partial charge in [0, 0.05) is 17.8 Å². The van der Waals surface area contributed by atoms with Gasteiger partial charge >= 0.3 is 19.3 Å². The minimum atomic E-state index is -4.60. The zero-order chi connectivity index (χ0) is 52.8. The van der Waals surface area contributed by atoms with Crippen molar-refractivity contribution in [1.29, 1.82) is 0 Å². The number of aromatic nitrogens is 3. The number of amides is 1. The van der Waals surface area contributed by atoms with Crippen LogP contribution in [0.2, 0.25) is 0 Å². The van der Waals surface area contributed by atoms with Crippen LogP contribution in [0.25, 0.3) is 0 Å². The number of anilines is 1. The summed E-state index contributed by atoms with van der Waals surface area (Å²) in [5.41, 5.74) is 0.0198. The van der Waals surface area contributed by atoms with Gasteiger partial charge in [-0.1, -0.05) is 91.0 Å². The van der Waals surface area contributed by atoms with Crippen molar-refractivity contribution in [2.45, 2.75) is 36.7 Å². The molecule has 1 aliphatic heterocycles. The van der Waals surface area contributed by atoms with Crippen molar-refractivity contribution < 1.29 is 70.9 Å². The Labute approximate surface area is 430 Å². The lowest BCUT2D eigenvalue weighted by Crippen LogP contribution is -2.47. The Morgan fingerprint density at radius 1 is 0.747 bits per heavy atom. The Kier molecular flexibility index (Phi) is 17.8. The van der Waals surface area contributed by atoms with Crippen molar-refractivity contribution in [1.82, 2.24) is 9.55 Å². The quantitative estimate of drug-likeness (QED) is 0.0118. The molecule has 5 aromatic carbocycles. The van der Waals surface area contributed by atoms with Gasteiger partial charge in [-0.05, 0) is 71.3 Å². The zero-order valence-electron chi connectivity index (χ0n) is 40.9. The predicted octanol–water partition coefficient (Wildman–Crippen LogP) is 6.98. The van der Waals surface area contributed by atoms with Crippen molar-refractivity contribution >= 4 is 25.3 Å². The Morgan fingerprint density at radius 3 is 1.93 bits per heavy atom. The summed E-state index contributed by atoms with van der Waals surface area (Å²) in [6.45, 7) is -2.14. The molecule has 1 amide bonds. The molecule has 1 saturated heterocycles. The highest BCUT2D eigenvalue weighted by atomic mass is 31.2. The number of pyridine rings is 1. The molecule has 0 radical (unpaired) electrons. The fourth-order valence-corrected chi connectivity index (χ4v) is 8.96. The summed E-state index contributed by atoms with van der Waals surface area (Å²) in [6, 6.07) is 44.6. The van der Waals surface area contributed by atoms with Gasteiger partial charge < -0.3 is 58.0 Å². The van der Waals surface area contributed by atoms with Crippen LogP contribution in [0.1, 0.15) is 49.3 Å². The minimum absolute atomic E-state index is 0.00452. The molecule has 390 valence electrons. The summed E-state index contributed by atoms with van der Waals surface area (Å²) in [7, 11) is -0.102. The van der Waals surface area contributed by atoms with Crippen LogP contribution in [0, 0.1) is 5.21 Å². The van der Waals surface area contributed by atoms with E-state index in [4.69, 9.17) is 47.2 Å². The van der Waals surface area contributed by atoms with Crippen molar-refractivity contribution in [3.63, 3.8) is 0 Å². The molecule has 5 atom stereocenters. The molecule has 3 heterocycles. The molecule has 8 rings (SSSR count). The topological polar surface area (TPSA) is 238 Å². The molecule has 0 bridgehead atoms. The van der Waals surface area contributed by atoms with Crippen LogP contribution in [0.3, 0.4) is 0 Å². The minimum Gasteiger partial charge on any atom is -0.618 e. The first-order valence-electron chi connectivity index (χ1n) is 23.3. The summed E-state index contributed by atoms with van der Waals surface area (Å²) in [5, 5.41) is 15.1. The smallest absolute Gasteiger partial charge is 0.354 e. The third kappa shape index (κ3) is 13.1. The van der Waals surface area contributed by atoms with Gasteiger partial charge in [-0.2, -0.15) is 9.71 Å². The number of benzene rings is 5. The van der Waals surface area contributed by atoms with Crippen molar-refractivity contribution in [2.24, 2.45) is 0 Å². The number of carbonyl (C=O) groups excluding carboxylic acids is 2. The van der Waals surface area contributed by atoms with E-state index < -0.39 is 88.5 Å². The molecule has 0 saturated carbocycles. The van der Waals surface area contributed by atoms with Gasteiger partial charge in [0.2, 0.25) is 5.69 Å². The second kappa shape index (κ2) is 25.0. The SMILES string of the molecule is COc1ccc(C(O[C@H]2[C@@H](OCOCOC(=O)c3ccccc3)[C@H](n3ccc(NC(=O)c4ccccc4)nc3=O)O[C@@H]2COCP(=O)(O)OCc2cc(OC)cc[n+]2[O-])(c2ccccc2)c2ccc(OC)cc2)cc1. The van der Waals surface area contributed by atoms with E-state index in [0.29, 0.717) is 49.8 Å². The van der Waals surface area contributed by atoms with Gasteiger partial charge in [0.15, 0.2) is 26.0 Å². The first-order chi connectivity index (χ1) is 36.4. The van der Waals surface area contributed by atoms with E-state index >= 15 is 0 Å². The van der Waals surface area contributed by atoms with Crippen LogP contribution < -0.4 is 29.9 Å². The molecule has 7 aromatic rings. The molecule has 2 N–H and O–H groups in total. The molecule has 20 nitrogen and oxygen atoms in total. The molecule has 75 heavy (non-hydrogen) atoms. The zero-order valence-corrected chi connectivity index (χ0v) is 41.8. The number of nitrogens with one attached hydrogen (secondary N) is 1. The molecule has 1 fully saturated rings. The highest BCUT2D eigenvalue weighted by Crippen LogP contribution is 2.47. The van der Waals surface area contributed by atoms with Gasteiger partial charge in [-0.15, -0.1) is 0 Å². The standard InChI is InChI=1S/C54H53N4O16P/c1-65-43-23-19-40(20-24-43)54(39-17-11-6-12-18-39,41-21-25-44(66-2)26-22-41)74-48-46(33-68-36-75(63,64)72-32-42-31-45(67-3)27-30-58(42)62)73-51(49(48)70-34-69-35-71-52(60)38-15-9-5-10-16-38)57-29-28-47(56-53(57)61)55-50(59)37-13-7-4-8-14-37/h4-31,46,48-49,51H,32-36H2,1-3H3,(H,63,64)(H,55,56,59,61)/t46-,48-,49-,51-/m1/s1. The number of hydrogen-bond acceptors (Lipinski definition) is 16. The van der Waals surface area contributed by atoms with Gasteiger partial charge in [0.25, 0.3) is 5.91 Å². The van der Waals surface area contributed by atoms with E-state index in [1.54, 1.807) is 99.1 Å². The van der Waals surface area contributed by atoms with E-state index in [1.165, 1.54) is 37.7 Å². The second-order valence-corrected chi connectivity index (χ2v) is 18.4. The van der Waals surface area contributed by atoms with E-state index in [2.05, 4.69) is 10.3 Å². The average molecular weight is 1050 g/mol. The van der Waals surface area contributed by atoms with E-state index in [9.17, 15) is 29.0 Å². The molecule has 0 spiro atoms. The lowest BCUT2D eigenvalue weighted by atomic mass is 9.79. The summed E-state index contributed by atoms with van der Waals surface area (Å²) >= 11 is 0. The molecule has 1 aliphatic rings. The highest BCUT2D eigenvalue weighted by molar-refractivity contribution is 7.52. The second-order valence-electron chi connectivity index (χ2n) is 16.6. The molecule has 1 unspecified atom stereocenters. The average Bonchev–Trinajstić information content (AvgIpc) is 3.78. The molecular weight excluding hydrogens is 992 g/mol. The number of methoxy groups -OCH3 is 3. The van der Waals surface area contributed by atoms with Gasteiger partial charge in [-0.25, -0.2) is 9.59 Å². The van der Waals surface area contributed by atoms with Crippen LogP contribution in [-0.2, 0) is 49.7 Å². The summed E-state index contributed by atoms with van der Waals surface area (Å²) in [5.74, 6) is 0.217. The van der Waals surface area contributed by atoms with E-state index in [0.717, 1.165) is 4.57 Å². The maximum Gasteiger partial charge on any atom is 0.354 e. The van der Waals surface area contributed by atoms with Crippen LogP contribution >= 0.6 is 7.60 Å². The number of nitrogens with zero attached hydrogens (tertiary/aromatic N) is 3. The normalized spacial score (nSPS) is 17.1. The number of esters is 1. The van der Waals surface area contributed by atoms with Crippen molar-refractivity contribution in [3.05, 3.63) is 219 Å². The Morgan fingerprint density at radius 2 is 1.33 bits per heavy atom. The van der Waals surface area contributed by atoms with Gasteiger partial charge in [-0.3, -0.25) is 18.5 Å². The maximum atomic E-state index is 14.2. The first kappa shape index (κ1) is 53.5. The van der Waals surface area contributed by atoms with Crippen molar-refractivity contribution in [2.75, 3.05) is 53.2 Å². The van der Waals surface area contributed by atoms with Crippen molar-refractivity contribution in [3.8, 4) is 17.2 Å². The van der Waals surface area contributed by atoms with Crippen LogP contribution in [-0.4, -0.2) is 92.5 Å². The predicted molar refractivity (Wildman–Crippen MR) is 269 cm³/mol. The number of ether oxygens (including phenoxy) is 9. The lowest BCUT2D eigenvalue weighted by molar-refractivity contribution is -0.616. The van der Waals surface area contributed by atoms with Gasteiger partial charge in [0.05, 0.1) is 39.6 Å². The Hall–Kier alpha value is -7.78. The van der Waals surface area contributed by atoms with Gasteiger partial charge in [0.1, 0.15) is 59.9 Å². The van der Waals surface area contributed by atoms with E-state index in [-0.39, 0.29) is 11.5 Å². The molecular formula is C54H53N4O16P. The third-order valence-electron chi connectivity index (χ3n) is 11.9. The third-order valence-corrected chi connectivity index (χ3v) is 13.0. The maximum absolute atomic E-state index is 14.2. The van der Waals surface area contributed by atoms with Crippen LogP contribution in [0.15, 0.2) is 175 Å².